The maximum Gasteiger partial charge on any atom is 0.164 e. The number of benzene rings is 1. The minimum Gasteiger partial charge on any atom is -0.398 e. The Kier molecular flexibility index (Phi) is 2.94. The number of nitrogens with two attached hydrogens (primary N) is 1. The summed E-state index contributed by atoms with van der Waals surface area (Å²) in [6.07, 6.45) is 0.448. The van der Waals surface area contributed by atoms with Crippen molar-refractivity contribution in [3.05, 3.63) is 28.3 Å². The molecule has 0 bridgehead atoms. The number of carbonyl (C=O) groups excluding carboxylic acids is 1. The number of ketones is 1. The molecule has 0 saturated carbocycles. The third kappa shape index (κ3) is 2.01. The molecular weight excluding hydrogens is 186 g/mol. The van der Waals surface area contributed by atoms with Gasteiger partial charge in [-0.05, 0) is 24.6 Å². The molecule has 2 nitrogen and oxygen atoms in total. The summed E-state index contributed by atoms with van der Waals surface area (Å²) in [5.74, 6) is 0.0306. The van der Waals surface area contributed by atoms with Crippen LogP contribution in [0.25, 0.3) is 0 Å². The van der Waals surface area contributed by atoms with Gasteiger partial charge in [-0.1, -0.05) is 18.5 Å². The minimum atomic E-state index is 0.0306. The maximum atomic E-state index is 11.4. The second-order valence-electron chi connectivity index (χ2n) is 2.96. The number of carbonyl (C=O) groups is 1. The molecule has 0 unspecified atom stereocenters. The molecule has 13 heavy (non-hydrogen) atoms. The number of Topliss-reactive ketones (excluding diaryl/α,β-unsaturated/α-hetero) is 1. The van der Waals surface area contributed by atoms with Gasteiger partial charge in [0.15, 0.2) is 5.78 Å². The molecule has 1 aromatic rings. The van der Waals surface area contributed by atoms with E-state index in [1.165, 1.54) is 0 Å². The van der Waals surface area contributed by atoms with E-state index in [1.807, 2.05) is 6.92 Å². The van der Waals surface area contributed by atoms with E-state index < -0.39 is 0 Å². The third-order valence-corrected chi connectivity index (χ3v) is 2.19. The van der Waals surface area contributed by atoms with Crippen LogP contribution in [-0.4, -0.2) is 5.78 Å². The zero-order valence-electron chi connectivity index (χ0n) is 7.73. The molecule has 0 aliphatic carbocycles. The van der Waals surface area contributed by atoms with Crippen molar-refractivity contribution in [3.63, 3.8) is 0 Å². The Morgan fingerprint density at radius 2 is 2.15 bits per heavy atom. The SMILES string of the molecule is CCC(=O)c1cc(Cl)cc(C)c1N. The van der Waals surface area contributed by atoms with E-state index in [4.69, 9.17) is 17.3 Å². The van der Waals surface area contributed by atoms with Crippen LogP contribution in [-0.2, 0) is 0 Å². The number of anilines is 1. The summed E-state index contributed by atoms with van der Waals surface area (Å²) >= 11 is 5.82. The highest BCUT2D eigenvalue weighted by Gasteiger charge is 2.10. The van der Waals surface area contributed by atoms with Crippen molar-refractivity contribution in [2.75, 3.05) is 5.73 Å². The number of nitrogen functional groups attached to an aromatic ring is 1. The second kappa shape index (κ2) is 3.79. The van der Waals surface area contributed by atoms with E-state index in [-0.39, 0.29) is 5.78 Å². The molecule has 0 aliphatic heterocycles. The van der Waals surface area contributed by atoms with Crippen LogP contribution < -0.4 is 5.73 Å². The highest BCUT2D eigenvalue weighted by atomic mass is 35.5. The first kappa shape index (κ1) is 10.1. The molecule has 3 heteroatoms. The average Bonchev–Trinajstić information content (AvgIpc) is 2.10. The number of rotatable bonds is 2. The van der Waals surface area contributed by atoms with Crippen molar-refractivity contribution in [1.82, 2.24) is 0 Å². The van der Waals surface area contributed by atoms with Gasteiger partial charge in [-0.15, -0.1) is 0 Å². The zero-order chi connectivity index (χ0) is 10.0. The maximum absolute atomic E-state index is 11.4. The van der Waals surface area contributed by atoms with Crippen LogP contribution in [0.15, 0.2) is 12.1 Å². The van der Waals surface area contributed by atoms with Gasteiger partial charge in [-0.3, -0.25) is 4.79 Å². The first-order valence-electron chi connectivity index (χ1n) is 4.15. The molecule has 0 heterocycles. The molecule has 0 saturated heterocycles. The molecule has 0 spiro atoms. The molecule has 0 aliphatic rings. The van der Waals surface area contributed by atoms with Crippen molar-refractivity contribution in [3.8, 4) is 0 Å². The Morgan fingerprint density at radius 3 is 2.69 bits per heavy atom. The molecule has 1 aromatic carbocycles. The summed E-state index contributed by atoms with van der Waals surface area (Å²) in [5, 5.41) is 0.559. The van der Waals surface area contributed by atoms with Crippen LogP contribution in [0.2, 0.25) is 5.02 Å². The Bertz CT molecular complexity index is 347. The van der Waals surface area contributed by atoms with E-state index in [2.05, 4.69) is 0 Å². The van der Waals surface area contributed by atoms with Crippen molar-refractivity contribution in [1.29, 1.82) is 0 Å². The summed E-state index contributed by atoms with van der Waals surface area (Å²) in [6.45, 7) is 3.64. The van der Waals surface area contributed by atoms with Crippen LogP contribution in [0.3, 0.4) is 0 Å². The fraction of sp³-hybridized carbons (Fsp3) is 0.300. The summed E-state index contributed by atoms with van der Waals surface area (Å²) < 4.78 is 0. The monoisotopic (exact) mass is 197 g/mol. The summed E-state index contributed by atoms with van der Waals surface area (Å²) in [6, 6.07) is 3.37. The van der Waals surface area contributed by atoms with Crippen molar-refractivity contribution in [2.45, 2.75) is 20.3 Å². The van der Waals surface area contributed by atoms with E-state index in [9.17, 15) is 4.79 Å². The molecule has 0 aromatic heterocycles. The van der Waals surface area contributed by atoms with Crippen LogP contribution in [0.4, 0.5) is 5.69 Å². The molecule has 0 radical (unpaired) electrons. The summed E-state index contributed by atoms with van der Waals surface area (Å²) in [7, 11) is 0. The average molecular weight is 198 g/mol. The Hall–Kier alpha value is -1.02. The predicted octanol–water partition coefficient (Wildman–Crippen LogP) is 2.82. The Morgan fingerprint density at radius 1 is 1.54 bits per heavy atom. The van der Waals surface area contributed by atoms with Gasteiger partial charge in [0.2, 0.25) is 0 Å². The lowest BCUT2D eigenvalue weighted by atomic mass is 10.0. The van der Waals surface area contributed by atoms with Crippen LogP contribution >= 0.6 is 11.6 Å². The van der Waals surface area contributed by atoms with Crippen LogP contribution in [0.1, 0.15) is 29.3 Å². The number of halogens is 1. The van der Waals surface area contributed by atoms with Crippen molar-refractivity contribution in [2.24, 2.45) is 0 Å². The molecule has 2 N–H and O–H groups in total. The van der Waals surface area contributed by atoms with Gasteiger partial charge in [-0.25, -0.2) is 0 Å². The van der Waals surface area contributed by atoms with Crippen molar-refractivity contribution >= 4 is 23.1 Å². The molecule has 1 rings (SSSR count). The molecular formula is C10H12ClNO. The van der Waals surface area contributed by atoms with Crippen LogP contribution in [0.5, 0.6) is 0 Å². The highest BCUT2D eigenvalue weighted by Crippen LogP contribution is 2.23. The van der Waals surface area contributed by atoms with Gasteiger partial charge in [0.1, 0.15) is 0 Å². The van der Waals surface area contributed by atoms with E-state index in [1.54, 1.807) is 19.1 Å². The molecule has 70 valence electrons. The lowest BCUT2D eigenvalue weighted by molar-refractivity contribution is 0.0989. The number of hydrogen-bond donors (Lipinski definition) is 1. The second-order valence-corrected chi connectivity index (χ2v) is 3.40. The van der Waals surface area contributed by atoms with Gasteiger partial charge < -0.3 is 5.73 Å². The van der Waals surface area contributed by atoms with E-state index in [0.717, 1.165) is 5.56 Å². The highest BCUT2D eigenvalue weighted by molar-refractivity contribution is 6.31. The first-order chi connectivity index (χ1) is 6.06. The van der Waals surface area contributed by atoms with E-state index >= 15 is 0 Å². The Balaban J connectivity index is 3.28. The molecule has 0 fully saturated rings. The number of aryl methyl sites for hydroxylation is 1. The fourth-order valence-corrected chi connectivity index (χ4v) is 1.45. The van der Waals surface area contributed by atoms with Gasteiger partial charge >= 0.3 is 0 Å². The lowest BCUT2D eigenvalue weighted by Gasteiger charge is -2.06. The minimum absolute atomic E-state index is 0.0306. The van der Waals surface area contributed by atoms with Gasteiger partial charge in [0, 0.05) is 22.7 Å². The normalized spacial score (nSPS) is 10.1. The van der Waals surface area contributed by atoms with Gasteiger partial charge in [-0.2, -0.15) is 0 Å². The summed E-state index contributed by atoms with van der Waals surface area (Å²) in [4.78, 5) is 11.4. The van der Waals surface area contributed by atoms with E-state index in [0.29, 0.717) is 22.7 Å². The quantitative estimate of drug-likeness (QED) is 0.585. The standard InChI is InChI=1S/C10H12ClNO/c1-3-9(13)8-5-7(11)4-6(2)10(8)12/h4-5H,3,12H2,1-2H3. The lowest BCUT2D eigenvalue weighted by Crippen LogP contribution is -2.04. The zero-order valence-corrected chi connectivity index (χ0v) is 8.48. The molecule has 0 atom stereocenters. The largest absolute Gasteiger partial charge is 0.398 e. The van der Waals surface area contributed by atoms with Gasteiger partial charge in [0.25, 0.3) is 0 Å². The molecule has 0 amide bonds. The third-order valence-electron chi connectivity index (χ3n) is 1.97. The topological polar surface area (TPSA) is 43.1 Å². The van der Waals surface area contributed by atoms with Crippen molar-refractivity contribution < 1.29 is 4.79 Å². The number of hydrogen-bond acceptors (Lipinski definition) is 2. The van der Waals surface area contributed by atoms with Gasteiger partial charge in [0.05, 0.1) is 0 Å². The first-order valence-corrected chi connectivity index (χ1v) is 4.53. The smallest absolute Gasteiger partial charge is 0.164 e. The predicted molar refractivity (Wildman–Crippen MR) is 55.2 cm³/mol. The Labute approximate surface area is 82.7 Å². The summed E-state index contributed by atoms with van der Waals surface area (Å²) in [5.41, 5.74) is 7.67. The van der Waals surface area contributed by atoms with Crippen LogP contribution in [0, 0.1) is 6.92 Å². The fourth-order valence-electron chi connectivity index (χ4n) is 1.18.